The van der Waals surface area contributed by atoms with E-state index in [1.807, 2.05) is 0 Å². The summed E-state index contributed by atoms with van der Waals surface area (Å²) in [5.74, 6) is -2.10. The summed E-state index contributed by atoms with van der Waals surface area (Å²) in [6.07, 6.45) is 1.18. The van der Waals surface area contributed by atoms with Gasteiger partial charge in [-0.25, -0.2) is 31.3 Å². The lowest BCUT2D eigenvalue weighted by molar-refractivity contribution is -0.0387. The number of hydrogen-bond acceptors (Lipinski definition) is 6. The van der Waals surface area contributed by atoms with Crippen molar-refractivity contribution in [3.8, 4) is 0 Å². The summed E-state index contributed by atoms with van der Waals surface area (Å²) < 4.78 is 67.9. The Morgan fingerprint density at radius 2 is 1.77 bits per heavy atom. The summed E-state index contributed by atoms with van der Waals surface area (Å²) in [6, 6.07) is 12.2. The first-order chi connectivity index (χ1) is 16.6. The van der Waals surface area contributed by atoms with Gasteiger partial charge in [-0.05, 0) is 67.3 Å². The fourth-order valence-electron chi connectivity index (χ4n) is 3.80. The van der Waals surface area contributed by atoms with Gasteiger partial charge in [0.15, 0.2) is 0 Å². The van der Waals surface area contributed by atoms with Crippen LogP contribution in [0.1, 0.15) is 36.8 Å². The molecule has 1 heterocycles. The normalized spacial score (nSPS) is 16.1. The van der Waals surface area contributed by atoms with E-state index in [0.29, 0.717) is 29.6 Å². The van der Waals surface area contributed by atoms with Gasteiger partial charge in [-0.3, -0.25) is 0 Å². The zero-order chi connectivity index (χ0) is 25.1. The molecule has 0 bridgehead atoms. The first-order valence-electron chi connectivity index (χ1n) is 11.2. The Labute approximate surface area is 202 Å². The average molecular weight is 506 g/mol. The molecular weight excluding hydrogens is 479 g/mol. The molecule has 11 heteroatoms. The lowest BCUT2D eigenvalue weighted by Crippen LogP contribution is -2.40. The van der Waals surface area contributed by atoms with Crippen molar-refractivity contribution < 1.29 is 21.6 Å². The van der Waals surface area contributed by atoms with E-state index in [0.717, 1.165) is 5.56 Å². The standard InChI is InChI=1S/C24H26F3N5O2S/c1-16-14-19(4-7-21(16)25)30-22-10-13-28-23(31-22)29-15-17-2-5-20(6-3-17)35(33,34)32-18-8-11-24(26,27)12-9-18/h2-7,10,13-14,18,32H,8-9,11-12,15H2,1H3,(H2,28,29,30,31). The molecule has 1 saturated carbocycles. The lowest BCUT2D eigenvalue weighted by Gasteiger charge is -2.28. The minimum atomic E-state index is -3.79. The second kappa shape index (κ2) is 10.2. The van der Waals surface area contributed by atoms with E-state index in [1.165, 1.54) is 18.2 Å². The van der Waals surface area contributed by atoms with Crippen molar-refractivity contribution in [1.82, 2.24) is 14.7 Å². The molecule has 1 aliphatic rings. The molecule has 186 valence electrons. The second-order valence-electron chi connectivity index (χ2n) is 8.60. The van der Waals surface area contributed by atoms with E-state index in [4.69, 9.17) is 0 Å². The van der Waals surface area contributed by atoms with Gasteiger partial charge in [0.2, 0.25) is 21.9 Å². The predicted octanol–water partition coefficient (Wildman–Crippen LogP) is 5.14. The van der Waals surface area contributed by atoms with E-state index in [1.54, 1.807) is 43.5 Å². The Balaban J connectivity index is 1.33. The smallest absolute Gasteiger partial charge is 0.248 e. The fraction of sp³-hybridized carbons (Fsp3) is 0.333. The molecule has 0 spiro atoms. The van der Waals surface area contributed by atoms with Gasteiger partial charge >= 0.3 is 0 Å². The Morgan fingerprint density at radius 1 is 1.06 bits per heavy atom. The zero-order valence-electron chi connectivity index (χ0n) is 19.1. The van der Waals surface area contributed by atoms with Crippen LogP contribution in [0.25, 0.3) is 0 Å². The number of nitrogens with one attached hydrogen (secondary N) is 3. The van der Waals surface area contributed by atoms with E-state index in [-0.39, 0.29) is 36.4 Å². The monoisotopic (exact) mass is 505 g/mol. The number of benzene rings is 2. The fourth-order valence-corrected chi connectivity index (χ4v) is 5.10. The van der Waals surface area contributed by atoms with Gasteiger partial charge in [0.25, 0.3) is 0 Å². The van der Waals surface area contributed by atoms with Gasteiger partial charge in [0, 0.05) is 37.3 Å². The summed E-state index contributed by atoms with van der Waals surface area (Å²) in [4.78, 5) is 8.64. The number of anilines is 3. The van der Waals surface area contributed by atoms with Crippen molar-refractivity contribution in [2.75, 3.05) is 10.6 Å². The number of hydrogen-bond donors (Lipinski definition) is 3. The molecule has 0 radical (unpaired) electrons. The Bertz CT molecular complexity index is 1280. The van der Waals surface area contributed by atoms with Crippen molar-refractivity contribution in [3.05, 3.63) is 71.7 Å². The van der Waals surface area contributed by atoms with Gasteiger partial charge in [-0.15, -0.1) is 0 Å². The quantitative estimate of drug-likeness (QED) is 0.393. The first kappa shape index (κ1) is 24.9. The molecule has 0 saturated heterocycles. The summed E-state index contributed by atoms with van der Waals surface area (Å²) in [5.41, 5.74) is 2.02. The Morgan fingerprint density at radius 3 is 2.46 bits per heavy atom. The van der Waals surface area contributed by atoms with E-state index in [9.17, 15) is 21.6 Å². The van der Waals surface area contributed by atoms with Crippen molar-refractivity contribution in [3.63, 3.8) is 0 Å². The second-order valence-corrected chi connectivity index (χ2v) is 10.3. The minimum absolute atomic E-state index is 0.0793. The third-order valence-electron chi connectivity index (χ3n) is 5.81. The molecule has 4 rings (SSSR count). The molecule has 1 fully saturated rings. The van der Waals surface area contributed by atoms with Crippen LogP contribution in [-0.2, 0) is 16.6 Å². The SMILES string of the molecule is Cc1cc(Nc2ccnc(NCc3ccc(S(=O)(=O)NC4CCC(F)(F)CC4)cc3)n2)ccc1F. The molecule has 0 amide bonds. The number of rotatable bonds is 8. The summed E-state index contributed by atoms with van der Waals surface area (Å²) >= 11 is 0. The molecular formula is C24H26F3N5O2S. The number of alkyl halides is 2. The molecule has 7 nitrogen and oxygen atoms in total. The highest BCUT2D eigenvalue weighted by molar-refractivity contribution is 7.89. The number of nitrogens with zero attached hydrogens (tertiary/aromatic N) is 2. The molecule has 0 aliphatic heterocycles. The van der Waals surface area contributed by atoms with Gasteiger partial charge < -0.3 is 10.6 Å². The summed E-state index contributed by atoms with van der Waals surface area (Å²) in [5, 5.41) is 6.18. The molecule has 1 aliphatic carbocycles. The summed E-state index contributed by atoms with van der Waals surface area (Å²) in [7, 11) is -3.79. The highest BCUT2D eigenvalue weighted by Crippen LogP contribution is 2.33. The molecule has 1 aromatic heterocycles. The molecule has 0 unspecified atom stereocenters. The lowest BCUT2D eigenvalue weighted by atomic mass is 9.93. The molecule has 2 aromatic carbocycles. The molecule has 3 N–H and O–H groups in total. The van der Waals surface area contributed by atoms with Crippen LogP contribution in [0.4, 0.5) is 30.6 Å². The van der Waals surface area contributed by atoms with Crippen molar-refractivity contribution >= 4 is 27.5 Å². The molecule has 0 atom stereocenters. The molecule has 3 aromatic rings. The van der Waals surface area contributed by atoms with Crippen LogP contribution in [0, 0.1) is 12.7 Å². The van der Waals surface area contributed by atoms with Crippen LogP contribution >= 0.6 is 0 Å². The third-order valence-corrected chi connectivity index (χ3v) is 7.35. The largest absolute Gasteiger partial charge is 0.350 e. The third kappa shape index (κ3) is 6.70. The van der Waals surface area contributed by atoms with Crippen molar-refractivity contribution in [2.45, 2.75) is 56.0 Å². The van der Waals surface area contributed by atoms with Crippen LogP contribution in [-0.4, -0.2) is 30.4 Å². The highest BCUT2D eigenvalue weighted by atomic mass is 32.2. The van der Waals surface area contributed by atoms with Crippen molar-refractivity contribution in [2.24, 2.45) is 0 Å². The molecule has 35 heavy (non-hydrogen) atoms. The maximum atomic E-state index is 13.5. The van der Waals surface area contributed by atoms with Gasteiger partial charge in [-0.2, -0.15) is 4.98 Å². The minimum Gasteiger partial charge on any atom is -0.350 e. The van der Waals surface area contributed by atoms with Crippen LogP contribution in [0.3, 0.4) is 0 Å². The maximum Gasteiger partial charge on any atom is 0.248 e. The zero-order valence-corrected chi connectivity index (χ0v) is 19.9. The van der Waals surface area contributed by atoms with Crippen LogP contribution in [0.15, 0.2) is 59.6 Å². The Hall–Kier alpha value is -3.18. The van der Waals surface area contributed by atoms with E-state index >= 15 is 0 Å². The number of aromatic nitrogens is 2. The maximum absolute atomic E-state index is 13.5. The van der Waals surface area contributed by atoms with E-state index < -0.39 is 22.0 Å². The Kier molecular flexibility index (Phi) is 7.27. The van der Waals surface area contributed by atoms with Gasteiger partial charge in [-0.1, -0.05) is 12.1 Å². The number of sulfonamides is 1. The van der Waals surface area contributed by atoms with Crippen LogP contribution < -0.4 is 15.4 Å². The van der Waals surface area contributed by atoms with Crippen molar-refractivity contribution in [1.29, 1.82) is 0 Å². The highest BCUT2D eigenvalue weighted by Gasteiger charge is 2.36. The number of aryl methyl sites for hydroxylation is 1. The topological polar surface area (TPSA) is 96.0 Å². The van der Waals surface area contributed by atoms with Gasteiger partial charge in [0.05, 0.1) is 4.90 Å². The first-order valence-corrected chi connectivity index (χ1v) is 12.7. The van der Waals surface area contributed by atoms with E-state index in [2.05, 4.69) is 25.3 Å². The average Bonchev–Trinajstić information content (AvgIpc) is 2.82. The van der Waals surface area contributed by atoms with Gasteiger partial charge in [0.1, 0.15) is 11.6 Å². The van der Waals surface area contributed by atoms with Crippen LogP contribution in [0.5, 0.6) is 0 Å². The summed E-state index contributed by atoms with van der Waals surface area (Å²) in [6.45, 7) is 2.03. The van der Waals surface area contributed by atoms with Crippen LogP contribution in [0.2, 0.25) is 0 Å². The predicted molar refractivity (Wildman–Crippen MR) is 128 cm³/mol. The number of halogens is 3.